The number of anilines is 1. The van der Waals surface area contributed by atoms with Crippen LogP contribution in [0.3, 0.4) is 0 Å². The second-order valence-corrected chi connectivity index (χ2v) is 12.8. The first-order valence-electron chi connectivity index (χ1n) is 16.1. The molecule has 10 heteroatoms. The Bertz CT molecular complexity index is 1310. The smallest absolute Gasteiger partial charge is 0.411 e. The molecule has 0 bridgehead atoms. The van der Waals surface area contributed by atoms with Crippen molar-refractivity contribution in [2.75, 3.05) is 18.5 Å². The molecule has 0 unspecified atom stereocenters. The van der Waals surface area contributed by atoms with Crippen molar-refractivity contribution in [3.63, 3.8) is 0 Å². The van der Waals surface area contributed by atoms with Gasteiger partial charge in [0.25, 0.3) is 0 Å². The monoisotopic (exact) mass is 614 g/mol. The number of amides is 2. The fourth-order valence-corrected chi connectivity index (χ4v) is 5.58. The van der Waals surface area contributed by atoms with Crippen molar-refractivity contribution in [3.8, 4) is 11.4 Å². The van der Waals surface area contributed by atoms with E-state index in [1.807, 2.05) is 39.8 Å². The van der Waals surface area contributed by atoms with Gasteiger partial charge in [0.15, 0.2) is 11.5 Å². The van der Waals surface area contributed by atoms with Crippen LogP contribution >= 0.6 is 11.6 Å². The van der Waals surface area contributed by atoms with E-state index >= 15 is 0 Å². The average Bonchev–Trinajstić information content (AvgIpc) is 3.50. The first kappa shape index (κ1) is 34.4. The number of aryl methyl sites for hydroxylation is 1. The Balaban J connectivity index is 1.35. The highest BCUT2D eigenvalue weighted by molar-refractivity contribution is 6.34. The molecule has 0 aliphatic rings. The Morgan fingerprint density at radius 3 is 2.19 bits per heavy atom. The third-order valence-corrected chi connectivity index (χ3v) is 7.97. The van der Waals surface area contributed by atoms with E-state index in [1.165, 1.54) is 68.8 Å². The summed E-state index contributed by atoms with van der Waals surface area (Å²) in [6.45, 7) is 11.0. The number of fused-ring (bicyclic) bond motifs is 1. The fourth-order valence-electron chi connectivity index (χ4n) is 5.14. The number of carbonyl (C=O) groups is 2. The molecule has 0 atom stereocenters. The number of nitrogens with one attached hydrogen (secondary N) is 3. The molecule has 3 rings (SSSR count). The van der Waals surface area contributed by atoms with Gasteiger partial charge in [-0.25, -0.2) is 4.79 Å². The highest BCUT2D eigenvalue weighted by Crippen LogP contribution is 2.34. The summed E-state index contributed by atoms with van der Waals surface area (Å²) in [6.07, 6.45) is 14.9. The molecule has 0 radical (unpaired) electrons. The zero-order chi connectivity index (χ0) is 31.2. The summed E-state index contributed by atoms with van der Waals surface area (Å²) in [4.78, 5) is 28.0. The van der Waals surface area contributed by atoms with E-state index in [0.717, 1.165) is 24.1 Å². The van der Waals surface area contributed by atoms with Gasteiger partial charge in [-0.05, 0) is 25.0 Å². The van der Waals surface area contributed by atoms with Crippen molar-refractivity contribution >= 4 is 34.9 Å². The second-order valence-electron chi connectivity index (χ2n) is 12.5. The van der Waals surface area contributed by atoms with E-state index in [4.69, 9.17) is 16.3 Å². The van der Waals surface area contributed by atoms with Crippen LogP contribution in [0, 0.1) is 6.92 Å². The molecule has 0 fully saturated rings. The lowest BCUT2D eigenvalue weighted by Crippen LogP contribution is -2.26. The molecule has 2 heterocycles. The predicted molar refractivity (Wildman–Crippen MR) is 175 cm³/mol. The van der Waals surface area contributed by atoms with Crippen molar-refractivity contribution in [2.24, 2.45) is 0 Å². The van der Waals surface area contributed by atoms with E-state index in [0.29, 0.717) is 34.3 Å². The summed E-state index contributed by atoms with van der Waals surface area (Å²) >= 11 is 6.60. The molecule has 0 saturated carbocycles. The number of benzene rings is 1. The van der Waals surface area contributed by atoms with Gasteiger partial charge in [-0.2, -0.15) is 5.10 Å². The van der Waals surface area contributed by atoms with Crippen LogP contribution in [-0.2, 0) is 14.9 Å². The van der Waals surface area contributed by atoms with Crippen LogP contribution in [-0.4, -0.2) is 45.0 Å². The van der Waals surface area contributed by atoms with Gasteiger partial charge >= 0.3 is 6.09 Å². The first-order valence-corrected chi connectivity index (χ1v) is 16.4. The molecule has 0 aliphatic carbocycles. The lowest BCUT2D eigenvalue weighted by molar-refractivity contribution is -0.121. The van der Waals surface area contributed by atoms with Crippen LogP contribution in [0.5, 0.6) is 0 Å². The molecule has 0 saturated heterocycles. The normalized spacial score (nSPS) is 11.7. The minimum atomic E-state index is -0.634. The summed E-state index contributed by atoms with van der Waals surface area (Å²) in [5.74, 6) is 0.410. The number of hydrogen-bond donors (Lipinski definition) is 3. The lowest BCUT2D eigenvalue weighted by Gasteiger charge is -2.15. The molecule has 238 valence electrons. The van der Waals surface area contributed by atoms with Gasteiger partial charge in [0, 0.05) is 17.5 Å². The van der Waals surface area contributed by atoms with Crippen molar-refractivity contribution in [1.29, 1.82) is 0 Å². The Labute approximate surface area is 261 Å². The highest BCUT2D eigenvalue weighted by atomic mass is 35.5. The number of ether oxygens (including phenoxy) is 1. The average molecular weight is 615 g/mol. The zero-order valence-electron chi connectivity index (χ0n) is 26.8. The number of aromatic amines is 1. The summed E-state index contributed by atoms with van der Waals surface area (Å²) in [7, 11) is 0. The van der Waals surface area contributed by atoms with Crippen LogP contribution in [0.4, 0.5) is 10.5 Å². The van der Waals surface area contributed by atoms with E-state index in [-0.39, 0.29) is 24.3 Å². The highest BCUT2D eigenvalue weighted by Gasteiger charge is 2.26. The quantitative estimate of drug-likeness (QED) is 0.124. The van der Waals surface area contributed by atoms with Gasteiger partial charge < -0.3 is 15.0 Å². The van der Waals surface area contributed by atoms with Crippen molar-refractivity contribution in [1.82, 2.24) is 25.1 Å². The number of hydrogen-bond acceptors (Lipinski definition) is 5. The van der Waals surface area contributed by atoms with Gasteiger partial charge in [-0.1, -0.05) is 122 Å². The van der Waals surface area contributed by atoms with Crippen molar-refractivity contribution in [2.45, 2.75) is 124 Å². The van der Waals surface area contributed by atoms with Crippen LogP contribution in [0.1, 0.15) is 122 Å². The number of rotatable bonds is 18. The molecular formula is C33H51ClN6O3. The zero-order valence-corrected chi connectivity index (χ0v) is 27.5. The molecular weight excluding hydrogens is 564 g/mol. The lowest BCUT2D eigenvalue weighted by atomic mass is 9.92. The van der Waals surface area contributed by atoms with E-state index in [1.54, 1.807) is 6.07 Å². The number of halogens is 1. The maximum absolute atomic E-state index is 12.6. The minimum Gasteiger partial charge on any atom is -0.449 e. The van der Waals surface area contributed by atoms with Crippen LogP contribution in [0.25, 0.3) is 17.0 Å². The van der Waals surface area contributed by atoms with Gasteiger partial charge in [0.2, 0.25) is 5.91 Å². The number of H-pyrrole nitrogens is 1. The number of unbranched alkanes of at least 4 members (excludes halogenated alkanes) is 11. The molecule has 2 aromatic heterocycles. The molecule has 43 heavy (non-hydrogen) atoms. The largest absolute Gasteiger partial charge is 0.449 e. The molecule has 3 N–H and O–H groups in total. The Morgan fingerprint density at radius 1 is 0.953 bits per heavy atom. The SMILES string of the molecule is CCCCCCCCCCCCCCNC(=O)CCOC(=O)Nc1cccc(C)c1-c1nn2nc(C(C)(C)C)c(Cl)c2[nH]1. The summed E-state index contributed by atoms with van der Waals surface area (Å²) < 4.78 is 6.79. The summed E-state index contributed by atoms with van der Waals surface area (Å²) in [5, 5.41) is 15.4. The molecule has 0 aliphatic heterocycles. The first-order chi connectivity index (χ1) is 20.6. The topological polar surface area (TPSA) is 113 Å². The van der Waals surface area contributed by atoms with Crippen molar-refractivity contribution < 1.29 is 14.3 Å². The molecule has 3 aromatic rings. The number of carbonyl (C=O) groups excluding carboxylic acids is 2. The number of nitrogens with zero attached hydrogens (tertiary/aromatic N) is 3. The maximum Gasteiger partial charge on any atom is 0.411 e. The van der Waals surface area contributed by atoms with E-state index < -0.39 is 6.09 Å². The third kappa shape index (κ3) is 10.9. The van der Waals surface area contributed by atoms with Gasteiger partial charge in [-0.3, -0.25) is 10.1 Å². The standard InChI is InChI=1S/C33H51ClN6O3/c1-6-7-8-9-10-11-12-13-14-15-16-17-22-35-26(41)21-23-43-32(42)36-25-20-18-19-24(2)27(25)30-37-31-28(34)29(33(3,4)5)38-40(31)39-30/h18-20H,6-17,21-23H2,1-5H3,(H,35,41)(H,36,42)(H,37,39). The van der Waals surface area contributed by atoms with Gasteiger partial charge in [0.05, 0.1) is 17.8 Å². The predicted octanol–water partition coefficient (Wildman–Crippen LogP) is 8.74. The molecule has 2 amide bonds. The molecule has 9 nitrogen and oxygen atoms in total. The summed E-state index contributed by atoms with van der Waals surface area (Å²) in [5.41, 5.74) is 3.26. The fraction of sp³-hybridized carbons (Fsp3) is 0.636. The maximum atomic E-state index is 12.6. The van der Waals surface area contributed by atoms with Crippen molar-refractivity contribution in [3.05, 3.63) is 34.5 Å². The van der Waals surface area contributed by atoms with Crippen LogP contribution in [0.2, 0.25) is 5.02 Å². The Kier molecular flexibility index (Phi) is 13.8. The molecule has 1 aromatic carbocycles. The van der Waals surface area contributed by atoms with Crippen LogP contribution < -0.4 is 10.6 Å². The second kappa shape index (κ2) is 17.3. The Morgan fingerprint density at radius 2 is 1.58 bits per heavy atom. The third-order valence-electron chi connectivity index (χ3n) is 7.61. The summed E-state index contributed by atoms with van der Waals surface area (Å²) in [6, 6.07) is 5.55. The minimum absolute atomic E-state index is 0.00295. The van der Waals surface area contributed by atoms with Crippen LogP contribution in [0.15, 0.2) is 18.2 Å². The van der Waals surface area contributed by atoms with E-state index in [2.05, 4.69) is 32.7 Å². The Hall–Kier alpha value is -3.07. The van der Waals surface area contributed by atoms with E-state index in [9.17, 15) is 9.59 Å². The van der Waals surface area contributed by atoms with Gasteiger partial charge in [-0.15, -0.1) is 9.73 Å². The molecule has 0 spiro atoms. The number of aromatic nitrogens is 4. The van der Waals surface area contributed by atoms with Gasteiger partial charge in [0.1, 0.15) is 11.6 Å².